The quantitative estimate of drug-likeness (QED) is 0.365. The van der Waals surface area contributed by atoms with Gasteiger partial charge in [0.15, 0.2) is 5.41 Å². The van der Waals surface area contributed by atoms with Crippen molar-refractivity contribution in [2.24, 2.45) is 5.41 Å². The minimum Gasteiger partial charge on any atom is -0.197 e. The highest BCUT2D eigenvalue weighted by molar-refractivity contribution is 8.00. The van der Waals surface area contributed by atoms with E-state index in [4.69, 9.17) is 0 Å². The van der Waals surface area contributed by atoms with Crippen molar-refractivity contribution in [3.63, 3.8) is 0 Å². The van der Waals surface area contributed by atoms with Crippen molar-refractivity contribution in [2.45, 2.75) is 33.6 Å². The Hall–Kier alpha value is -2.30. The third-order valence-corrected chi connectivity index (χ3v) is 5.23. The van der Waals surface area contributed by atoms with E-state index in [0.717, 1.165) is 0 Å². The van der Waals surface area contributed by atoms with Crippen molar-refractivity contribution in [1.29, 1.82) is 10.5 Å². The van der Waals surface area contributed by atoms with Crippen LogP contribution in [0.15, 0.2) is 58.3 Å². The molecule has 2 aromatic rings. The van der Waals surface area contributed by atoms with Crippen LogP contribution in [-0.4, -0.2) is 11.0 Å². The topological polar surface area (TPSA) is 47.6 Å². The molecule has 0 amide bonds. The maximum atomic E-state index is 12.4. The van der Waals surface area contributed by atoms with Gasteiger partial charge in [-0.2, -0.15) is 36.9 Å². The molecule has 2 rings (SSSR count). The fraction of sp³-hybridized carbons (Fsp3) is 0.263. The van der Waals surface area contributed by atoms with E-state index in [1.807, 2.05) is 12.1 Å². The number of rotatable bonds is 6. The number of thioether (sulfide) groups is 2. The van der Waals surface area contributed by atoms with Crippen LogP contribution in [0.5, 0.6) is 0 Å². The van der Waals surface area contributed by atoms with Crippen molar-refractivity contribution in [3.8, 4) is 12.1 Å². The van der Waals surface area contributed by atoms with Crippen LogP contribution in [0.25, 0.3) is 0 Å². The third-order valence-electron chi connectivity index (χ3n) is 3.75. The molecule has 0 saturated carbocycles. The number of benzene rings is 2. The zero-order chi connectivity index (χ0) is 21.7. The van der Waals surface area contributed by atoms with E-state index < -0.39 is 16.4 Å². The fourth-order valence-corrected chi connectivity index (χ4v) is 3.64. The van der Waals surface area contributed by atoms with Gasteiger partial charge in [-0.05, 0) is 58.9 Å². The number of hydrogen-bond donors (Lipinski definition) is 0. The molecular weight excluding hydrogens is 434 g/mol. The normalized spacial score (nSPS) is 12.3. The van der Waals surface area contributed by atoms with E-state index in [-0.39, 0.29) is 46.2 Å². The van der Waals surface area contributed by atoms with Gasteiger partial charge in [0.2, 0.25) is 0 Å². The number of hydrogen-bond acceptors (Lipinski definition) is 4. The van der Waals surface area contributed by atoms with Crippen molar-refractivity contribution >= 4 is 23.5 Å². The maximum absolute atomic E-state index is 12.4. The summed E-state index contributed by atoms with van der Waals surface area (Å²) in [6.45, 7) is 0. The smallest absolute Gasteiger partial charge is 0.197 e. The summed E-state index contributed by atoms with van der Waals surface area (Å²) < 4.78 is 74.4. The van der Waals surface area contributed by atoms with Gasteiger partial charge < -0.3 is 0 Å². The van der Waals surface area contributed by atoms with Gasteiger partial charge in [0.25, 0.3) is 0 Å². The average Bonchev–Trinajstić information content (AvgIpc) is 2.62. The highest BCUT2D eigenvalue weighted by Crippen LogP contribution is 2.38. The first-order valence-electron chi connectivity index (χ1n) is 7.95. The molecule has 0 aliphatic heterocycles. The number of nitrogens with zero attached hydrogens (tertiary/aromatic N) is 2. The molecule has 0 aromatic heterocycles. The van der Waals surface area contributed by atoms with Gasteiger partial charge in [-0.15, -0.1) is 0 Å². The standard InChI is InChI=1S/C19H12F6N2S2/c20-18(21,22)28-15-5-1-13(2-6-15)9-17(11-26,12-27)10-14-3-7-16(8-4-14)29-19(23,24)25/h1-8H,9-10H2. The average molecular weight is 446 g/mol. The van der Waals surface area contributed by atoms with Crippen LogP contribution in [0, 0.1) is 28.1 Å². The lowest BCUT2D eigenvalue weighted by Crippen LogP contribution is -2.22. The molecule has 0 unspecified atom stereocenters. The molecule has 152 valence electrons. The molecule has 0 fully saturated rings. The Labute approximate surface area is 171 Å². The second kappa shape index (κ2) is 9.02. The van der Waals surface area contributed by atoms with Crippen molar-refractivity contribution in [3.05, 3.63) is 59.7 Å². The zero-order valence-corrected chi connectivity index (χ0v) is 16.1. The third kappa shape index (κ3) is 7.56. The lowest BCUT2D eigenvalue weighted by atomic mass is 9.79. The molecule has 0 bridgehead atoms. The van der Waals surface area contributed by atoms with E-state index in [0.29, 0.717) is 11.1 Å². The molecule has 0 heterocycles. The molecule has 2 aromatic carbocycles. The van der Waals surface area contributed by atoms with Crippen LogP contribution in [0.3, 0.4) is 0 Å². The van der Waals surface area contributed by atoms with Gasteiger partial charge in [-0.25, -0.2) is 0 Å². The van der Waals surface area contributed by atoms with Gasteiger partial charge in [0, 0.05) is 22.6 Å². The summed E-state index contributed by atoms with van der Waals surface area (Å²) in [4.78, 5) is -0.0305. The second-order valence-corrected chi connectivity index (χ2v) is 8.32. The second-order valence-electron chi connectivity index (χ2n) is 6.04. The summed E-state index contributed by atoms with van der Waals surface area (Å²) in [6.07, 6.45) is -0.0635. The Morgan fingerprint density at radius 2 is 0.931 bits per heavy atom. The monoisotopic (exact) mass is 446 g/mol. The molecule has 0 aliphatic rings. The van der Waals surface area contributed by atoms with Crippen LogP contribution in [0.2, 0.25) is 0 Å². The lowest BCUT2D eigenvalue weighted by Gasteiger charge is -2.19. The highest BCUT2D eigenvalue weighted by Gasteiger charge is 2.33. The van der Waals surface area contributed by atoms with Gasteiger partial charge >= 0.3 is 11.0 Å². The first kappa shape index (κ1) is 23.0. The predicted octanol–water partition coefficient (Wildman–Crippen LogP) is 6.73. The molecule has 0 spiro atoms. The minimum absolute atomic E-state index is 0.0153. The Bertz CT molecular complexity index is 829. The summed E-state index contributed by atoms with van der Waals surface area (Å²) in [5.74, 6) is 0. The first-order valence-corrected chi connectivity index (χ1v) is 9.59. The zero-order valence-electron chi connectivity index (χ0n) is 14.5. The van der Waals surface area contributed by atoms with Crippen LogP contribution in [0.1, 0.15) is 11.1 Å². The lowest BCUT2D eigenvalue weighted by molar-refractivity contribution is -0.0337. The number of halogens is 6. The van der Waals surface area contributed by atoms with Crippen molar-refractivity contribution < 1.29 is 26.3 Å². The predicted molar refractivity (Wildman–Crippen MR) is 97.8 cm³/mol. The molecule has 2 nitrogen and oxygen atoms in total. The molecular formula is C19H12F6N2S2. The molecule has 0 radical (unpaired) electrons. The van der Waals surface area contributed by atoms with E-state index in [9.17, 15) is 36.9 Å². The molecule has 0 atom stereocenters. The van der Waals surface area contributed by atoms with E-state index >= 15 is 0 Å². The van der Waals surface area contributed by atoms with Gasteiger partial charge in [-0.3, -0.25) is 0 Å². The van der Waals surface area contributed by atoms with E-state index in [1.165, 1.54) is 48.5 Å². The largest absolute Gasteiger partial charge is 0.446 e. The van der Waals surface area contributed by atoms with Crippen molar-refractivity contribution in [1.82, 2.24) is 0 Å². The summed E-state index contributed by atoms with van der Waals surface area (Å²) in [6, 6.07) is 14.6. The summed E-state index contributed by atoms with van der Waals surface area (Å²) >= 11 is -0.531. The SMILES string of the molecule is N#CC(C#N)(Cc1ccc(SC(F)(F)F)cc1)Cc1ccc(SC(F)(F)F)cc1. The van der Waals surface area contributed by atoms with E-state index in [1.54, 1.807) is 0 Å². The Kier molecular flexibility index (Phi) is 7.15. The van der Waals surface area contributed by atoms with Gasteiger partial charge in [-0.1, -0.05) is 24.3 Å². The van der Waals surface area contributed by atoms with Crippen LogP contribution in [-0.2, 0) is 12.8 Å². The van der Waals surface area contributed by atoms with Crippen LogP contribution >= 0.6 is 23.5 Å². The van der Waals surface area contributed by atoms with Crippen LogP contribution in [0.4, 0.5) is 26.3 Å². The Morgan fingerprint density at radius 1 is 0.621 bits per heavy atom. The molecule has 0 aliphatic carbocycles. The fourth-order valence-electron chi connectivity index (χ4n) is 2.56. The summed E-state index contributed by atoms with van der Waals surface area (Å²) in [5, 5.41) is 19.1. The molecule has 29 heavy (non-hydrogen) atoms. The maximum Gasteiger partial charge on any atom is 0.446 e. The Morgan fingerprint density at radius 3 is 1.17 bits per heavy atom. The molecule has 0 saturated heterocycles. The highest BCUT2D eigenvalue weighted by atomic mass is 32.2. The van der Waals surface area contributed by atoms with Gasteiger partial charge in [0.1, 0.15) is 0 Å². The summed E-state index contributed by atoms with van der Waals surface area (Å²) in [7, 11) is 0. The minimum atomic E-state index is -4.42. The number of alkyl halides is 6. The van der Waals surface area contributed by atoms with Gasteiger partial charge in [0.05, 0.1) is 12.1 Å². The Balaban J connectivity index is 2.14. The molecule has 0 N–H and O–H groups in total. The summed E-state index contributed by atoms with van der Waals surface area (Å²) in [5.41, 5.74) is -9.33. The van der Waals surface area contributed by atoms with Crippen molar-refractivity contribution in [2.75, 3.05) is 0 Å². The van der Waals surface area contributed by atoms with E-state index in [2.05, 4.69) is 0 Å². The van der Waals surface area contributed by atoms with Crippen LogP contribution < -0.4 is 0 Å². The first-order chi connectivity index (χ1) is 13.4. The number of nitriles is 2. The molecule has 10 heteroatoms.